The highest BCUT2D eigenvalue weighted by molar-refractivity contribution is 9.10. The number of amides is 1. The summed E-state index contributed by atoms with van der Waals surface area (Å²) in [6, 6.07) is 8.25. The van der Waals surface area contributed by atoms with E-state index in [1.54, 1.807) is 0 Å². The van der Waals surface area contributed by atoms with Crippen LogP contribution in [0.15, 0.2) is 45.3 Å². The summed E-state index contributed by atoms with van der Waals surface area (Å²) in [5, 5.41) is -0.456. The second kappa shape index (κ2) is 9.86. The molecule has 2 aromatic rings. The van der Waals surface area contributed by atoms with Crippen molar-refractivity contribution in [3.63, 3.8) is 0 Å². The van der Waals surface area contributed by atoms with Gasteiger partial charge in [0.2, 0.25) is 11.1 Å². The van der Waals surface area contributed by atoms with Gasteiger partial charge in [0, 0.05) is 15.4 Å². The minimum Gasteiger partial charge on any atom is -0.369 e. The van der Waals surface area contributed by atoms with Gasteiger partial charge in [-0.1, -0.05) is 44.0 Å². The van der Waals surface area contributed by atoms with Crippen LogP contribution in [-0.2, 0) is 22.4 Å². The van der Waals surface area contributed by atoms with Crippen molar-refractivity contribution >= 4 is 54.6 Å². The smallest absolute Gasteiger partial charge is 0.226 e. The maximum absolute atomic E-state index is 12.5. The van der Waals surface area contributed by atoms with Crippen LogP contribution in [-0.4, -0.2) is 11.1 Å². The van der Waals surface area contributed by atoms with Gasteiger partial charge in [0.25, 0.3) is 0 Å². The average Bonchev–Trinajstić information content (AvgIpc) is 2.45. The highest BCUT2D eigenvalue weighted by Gasteiger charge is 2.05. The minimum absolute atomic E-state index is 0.114. The summed E-state index contributed by atoms with van der Waals surface area (Å²) in [6.07, 6.45) is 0.239. The van der Waals surface area contributed by atoms with E-state index in [1.165, 1.54) is 36.4 Å². The van der Waals surface area contributed by atoms with Crippen LogP contribution in [0.1, 0.15) is 11.1 Å². The zero-order valence-electron chi connectivity index (χ0n) is 12.2. The molecule has 0 aliphatic carbocycles. The van der Waals surface area contributed by atoms with Gasteiger partial charge < -0.3 is 5.73 Å². The number of hydrogen-bond donors (Lipinski definition) is 1. The molecule has 2 N–H and O–H groups in total. The Balaban J connectivity index is 0.000000240. The molecule has 0 bridgehead atoms. The van der Waals surface area contributed by atoms with Crippen molar-refractivity contribution in [3.8, 4) is 0 Å². The molecule has 128 valence electrons. The Labute approximate surface area is 159 Å². The van der Waals surface area contributed by atoms with Crippen LogP contribution in [0, 0.1) is 11.6 Å². The summed E-state index contributed by atoms with van der Waals surface area (Å²) >= 11 is 11.4. The van der Waals surface area contributed by atoms with Crippen LogP contribution in [0.4, 0.5) is 8.78 Å². The Hall–Kier alpha value is -1.31. The lowest BCUT2D eigenvalue weighted by Crippen LogP contribution is -2.13. The molecule has 0 heterocycles. The molecule has 0 aliphatic heterocycles. The normalized spacial score (nSPS) is 9.88. The van der Waals surface area contributed by atoms with Crippen LogP contribution in [0.3, 0.4) is 0 Å². The molecule has 0 fully saturated rings. The average molecular weight is 484 g/mol. The first kappa shape index (κ1) is 20.7. The van der Waals surface area contributed by atoms with Crippen molar-refractivity contribution in [2.75, 3.05) is 0 Å². The Kier molecular flexibility index (Phi) is 8.52. The lowest BCUT2D eigenvalue weighted by Gasteiger charge is -2.00. The molecule has 2 aromatic carbocycles. The monoisotopic (exact) mass is 481 g/mol. The quantitative estimate of drug-likeness (QED) is 0.651. The summed E-state index contributed by atoms with van der Waals surface area (Å²) in [6.45, 7) is 0. The molecule has 3 nitrogen and oxygen atoms in total. The molecular formula is C16H12Br2ClF2NO2. The zero-order valence-corrected chi connectivity index (χ0v) is 16.1. The van der Waals surface area contributed by atoms with E-state index in [-0.39, 0.29) is 24.5 Å². The predicted molar refractivity (Wildman–Crippen MR) is 95.7 cm³/mol. The summed E-state index contributed by atoms with van der Waals surface area (Å²) in [7, 11) is 0. The number of hydrogen-bond acceptors (Lipinski definition) is 2. The molecule has 0 saturated carbocycles. The van der Waals surface area contributed by atoms with E-state index in [0.717, 1.165) is 0 Å². The fourth-order valence-corrected chi connectivity index (χ4v) is 2.79. The zero-order chi connectivity index (χ0) is 18.3. The van der Waals surface area contributed by atoms with Gasteiger partial charge in [0.15, 0.2) is 0 Å². The lowest BCUT2D eigenvalue weighted by atomic mass is 10.1. The molecular weight excluding hydrogens is 471 g/mol. The number of carbonyl (C=O) groups is 2. The Morgan fingerprint density at radius 2 is 1.33 bits per heavy atom. The lowest BCUT2D eigenvalue weighted by molar-refractivity contribution is -0.117. The third-order valence-corrected chi connectivity index (χ3v) is 4.33. The van der Waals surface area contributed by atoms with Crippen molar-refractivity contribution in [2.45, 2.75) is 12.8 Å². The van der Waals surface area contributed by atoms with Gasteiger partial charge in [-0.15, -0.1) is 0 Å². The van der Waals surface area contributed by atoms with Gasteiger partial charge >= 0.3 is 0 Å². The number of nitrogens with two attached hydrogens (primary N) is 1. The van der Waals surface area contributed by atoms with Gasteiger partial charge in [0.05, 0.1) is 6.42 Å². The molecule has 1 amide bonds. The largest absolute Gasteiger partial charge is 0.369 e. The van der Waals surface area contributed by atoms with Crippen molar-refractivity contribution in [2.24, 2.45) is 5.73 Å². The number of primary amides is 1. The van der Waals surface area contributed by atoms with E-state index in [9.17, 15) is 18.4 Å². The van der Waals surface area contributed by atoms with Gasteiger partial charge in [-0.25, -0.2) is 8.78 Å². The van der Waals surface area contributed by atoms with E-state index in [1.807, 2.05) is 0 Å². The Morgan fingerprint density at radius 1 is 0.917 bits per heavy atom. The molecule has 0 spiro atoms. The fourth-order valence-electron chi connectivity index (χ4n) is 1.67. The van der Waals surface area contributed by atoms with E-state index < -0.39 is 11.1 Å². The first-order valence-corrected chi connectivity index (χ1v) is 8.50. The molecule has 0 atom stereocenters. The molecule has 0 aliphatic rings. The van der Waals surface area contributed by atoms with Crippen molar-refractivity contribution in [3.05, 3.63) is 68.1 Å². The number of carbonyl (C=O) groups excluding carboxylic acids is 2. The molecule has 24 heavy (non-hydrogen) atoms. The van der Waals surface area contributed by atoms with Crippen molar-refractivity contribution in [1.29, 1.82) is 0 Å². The van der Waals surface area contributed by atoms with Gasteiger partial charge in [-0.05, 0) is 47.0 Å². The molecule has 0 radical (unpaired) electrons. The number of halogens is 5. The van der Waals surface area contributed by atoms with Gasteiger partial charge in [0.1, 0.15) is 11.6 Å². The molecule has 8 heteroatoms. The van der Waals surface area contributed by atoms with E-state index in [2.05, 4.69) is 31.9 Å². The van der Waals surface area contributed by atoms with Crippen LogP contribution in [0.25, 0.3) is 0 Å². The Bertz CT molecular complexity index is 693. The molecule has 0 unspecified atom stereocenters. The number of benzene rings is 2. The second-order valence-corrected chi connectivity index (χ2v) is 6.78. The van der Waals surface area contributed by atoms with Gasteiger partial charge in [-0.2, -0.15) is 0 Å². The summed E-state index contributed by atoms with van der Waals surface area (Å²) in [4.78, 5) is 21.0. The van der Waals surface area contributed by atoms with Crippen LogP contribution >= 0.6 is 43.5 Å². The fraction of sp³-hybridized carbons (Fsp3) is 0.125. The standard InChI is InChI=1S/C8H5BrClFO.C8H7BrFNO/c9-7-4-6(11)2-1-5(7)3-8(10)12;9-7-4-6(10)2-1-5(7)3-8(11)12/h1-2,4H,3H2;1-2,4H,3H2,(H2,11,12). The maximum Gasteiger partial charge on any atom is 0.226 e. The SMILES string of the molecule is NC(=O)Cc1ccc(F)cc1Br.O=C(Cl)Cc1ccc(F)cc1Br. The maximum atomic E-state index is 12.5. The van der Waals surface area contributed by atoms with Crippen molar-refractivity contribution in [1.82, 2.24) is 0 Å². The first-order chi connectivity index (χ1) is 11.2. The van der Waals surface area contributed by atoms with E-state index in [4.69, 9.17) is 17.3 Å². The highest BCUT2D eigenvalue weighted by Crippen LogP contribution is 2.19. The topological polar surface area (TPSA) is 60.2 Å². The van der Waals surface area contributed by atoms with Crippen LogP contribution < -0.4 is 5.73 Å². The first-order valence-electron chi connectivity index (χ1n) is 6.53. The van der Waals surface area contributed by atoms with Gasteiger partial charge in [-0.3, -0.25) is 9.59 Å². The summed E-state index contributed by atoms with van der Waals surface area (Å²) < 4.78 is 26.2. The summed E-state index contributed by atoms with van der Waals surface area (Å²) in [5.41, 5.74) is 6.37. The third-order valence-electron chi connectivity index (χ3n) is 2.72. The third kappa shape index (κ3) is 7.51. The minimum atomic E-state index is -0.456. The molecule has 0 aromatic heterocycles. The molecule has 2 rings (SSSR count). The van der Waals surface area contributed by atoms with E-state index in [0.29, 0.717) is 20.1 Å². The van der Waals surface area contributed by atoms with Crippen LogP contribution in [0.5, 0.6) is 0 Å². The highest BCUT2D eigenvalue weighted by atomic mass is 79.9. The Morgan fingerprint density at radius 3 is 1.67 bits per heavy atom. The predicted octanol–water partition coefficient (Wildman–Crippen LogP) is 4.51. The molecule has 0 saturated heterocycles. The summed E-state index contributed by atoms with van der Waals surface area (Å²) in [5.74, 6) is -1.11. The van der Waals surface area contributed by atoms with Crippen LogP contribution in [0.2, 0.25) is 0 Å². The number of rotatable bonds is 4. The van der Waals surface area contributed by atoms with Crippen molar-refractivity contribution < 1.29 is 18.4 Å². The van der Waals surface area contributed by atoms with E-state index >= 15 is 0 Å². The second-order valence-electron chi connectivity index (χ2n) is 4.65.